The third-order valence-electron chi connectivity index (χ3n) is 3.58. The van der Waals surface area contributed by atoms with E-state index in [4.69, 9.17) is 4.74 Å². The van der Waals surface area contributed by atoms with Crippen LogP contribution in [0.3, 0.4) is 0 Å². The van der Waals surface area contributed by atoms with Crippen LogP contribution in [0.5, 0.6) is 0 Å². The van der Waals surface area contributed by atoms with Crippen molar-refractivity contribution in [2.75, 3.05) is 0 Å². The number of aliphatic hydroxyl groups is 2. The maximum Gasteiger partial charge on any atom is 0.218 e. The van der Waals surface area contributed by atoms with Crippen LogP contribution in [0.25, 0.3) is 0 Å². The van der Waals surface area contributed by atoms with Gasteiger partial charge in [-0.05, 0) is 25.1 Å². The zero-order valence-electron chi connectivity index (χ0n) is 10.2. The molecule has 3 rings (SSSR count). The molecule has 0 bridgehead atoms. The molecule has 0 radical (unpaired) electrons. The number of benzene rings is 1. The van der Waals surface area contributed by atoms with Gasteiger partial charge in [0.15, 0.2) is 0 Å². The molecule has 1 aliphatic heterocycles. The van der Waals surface area contributed by atoms with Crippen LogP contribution in [0, 0.1) is 6.92 Å². The summed E-state index contributed by atoms with van der Waals surface area (Å²) in [4.78, 5) is -2.36. The lowest BCUT2D eigenvalue weighted by molar-refractivity contribution is 0.000498. The van der Waals surface area contributed by atoms with Gasteiger partial charge in [-0.25, -0.2) is 8.42 Å². The molecule has 19 heavy (non-hydrogen) atoms. The van der Waals surface area contributed by atoms with Gasteiger partial charge in [0.05, 0.1) is 4.90 Å². The van der Waals surface area contributed by atoms with Crippen molar-refractivity contribution < 1.29 is 23.4 Å². The van der Waals surface area contributed by atoms with E-state index >= 15 is 0 Å². The molecule has 5 nitrogen and oxygen atoms in total. The number of rotatable bonds is 2. The summed E-state index contributed by atoms with van der Waals surface area (Å²) in [5.41, 5.74) is 0.913. The Labute approximate surface area is 111 Å². The zero-order chi connectivity index (χ0) is 13.8. The molecule has 1 saturated heterocycles. The number of fused-ring (bicyclic) bond motifs is 1. The highest BCUT2D eigenvalue weighted by atomic mass is 32.2. The van der Waals surface area contributed by atoms with Gasteiger partial charge in [0.2, 0.25) is 14.8 Å². The Kier molecular flexibility index (Phi) is 2.62. The second-order valence-electron chi connectivity index (χ2n) is 4.94. The maximum atomic E-state index is 12.5. The number of aliphatic hydroxyl groups excluding tert-OH is 1. The third kappa shape index (κ3) is 1.75. The first-order valence-corrected chi connectivity index (χ1v) is 7.41. The van der Waals surface area contributed by atoms with Crippen LogP contribution >= 0.6 is 0 Å². The SMILES string of the molecule is Cc1ccc(S(=O)(=O)[C@]2(O)C=C[C@H]3O[C@H]3[C@H]2O)cc1. The number of sulfone groups is 1. The van der Waals surface area contributed by atoms with E-state index in [1.54, 1.807) is 12.1 Å². The molecule has 0 unspecified atom stereocenters. The molecular formula is C13H14O5S. The van der Waals surface area contributed by atoms with Crippen LogP contribution in [0.15, 0.2) is 41.3 Å². The molecule has 4 atom stereocenters. The summed E-state index contributed by atoms with van der Waals surface area (Å²) in [6.07, 6.45) is 0.178. The second-order valence-corrected chi connectivity index (χ2v) is 7.07. The Hall–Kier alpha value is -1.21. The van der Waals surface area contributed by atoms with Crippen LogP contribution in [-0.4, -0.2) is 41.9 Å². The summed E-state index contributed by atoms with van der Waals surface area (Å²) in [6.45, 7) is 1.84. The van der Waals surface area contributed by atoms with Crippen LogP contribution < -0.4 is 0 Å². The highest BCUT2D eigenvalue weighted by molar-refractivity contribution is 7.92. The zero-order valence-corrected chi connectivity index (χ0v) is 11.0. The molecule has 1 aromatic rings. The van der Waals surface area contributed by atoms with E-state index in [2.05, 4.69) is 0 Å². The van der Waals surface area contributed by atoms with E-state index in [-0.39, 0.29) is 11.0 Å². The Balaban J connectivity index is 2.07. The molecule has 1 heterocycles. The van der Waals surface area contributed by atoms with Gasteiger partial charge in [0.1, 0.15) is 18.3 Å². The van der Waals surface area contributed by atoms with Crippen molar-refractivity contribution in [3.05, 3.63) is 42.0 Å². The van der Waals surface area contributed by atoms with Crippen LogP contribution in [-0.2, 0) is 14.6 Å². The molecule has 6 heteroatoms. The van der Waals surface area contributed by atoms with Crippen LogP contribution in [0.4, 0.5) is 0 Å². The third-order valence-corrected chi connectivity index (χ3v) is 5.71. The van der Waals surface area contributed by atoms with Gasteiger partial charge >= 0.3 is 0 Å². The minimum Gasteiger partial charge on any atom is -0.386 e. The van der Waals surface area contributed by atoms with Crippen LogP contribution in [0.1, 0.15) is 5.56 Å². The predicted molar refractivity (Wildman–Crippen MR) is 67.1 cm³/mol. The Morgan fingerprint density at radius 3 is 2.53 bits per heavy atom. The second kappa shape index (κ2) is 3.89. The molecule has 102 valence electrons. The highest BCUT2D eigenvalue weighted by Crippen LogP contribution is 2.41. The Bertz CT molecular complexity index is 634. The first-order chi connectivity index (χ1) is 8.86. The van der Waals surface area contributed by atoms with E-state index in [1.165, 1.54) is 18.2 Å². The minimum atomic E-state index is -4.10. The van der Waals surface area contributed by atoms with Crippen molar-refractivity contribution in [1.29, 1.82) is 0 Å². The van der Waals surface area contributed by atoms with Crippen LogP contribution in [0.2, 0.25) is 0 Å². The fraction of sp³-hybridized carbons (Fsp3) is 0.385. The van der Waals surface area contributed by atoms with Gasteiger partial charge in [-0.3, -0.25) is 0 Å². The predicted octanol–water partition coefficient (Wildman–Crippen LogP) is 0.155. The summed E-state index contributed by atoms with van der Waals surface area (Å²) in [7, 11) is -4.10. The van der Waals surface area contributed by atoms with Crippen molar-refractivity contribution in [1.82, 2.24) is 0 Å². The summed E-state index contributed by atoms with van der Waals surface area (Å²) in [6, 6.07) is 6.13. The maximum absolute atomic E-state index is 12.5. The molecule has 1 fully saturated rings. The molecule has 0 spiro atoms. The molecule has 0 amide bonds. The van der Waals surface area contributed by atoms with E-state index in [9.17, 15) is 18.6 Å². The topological polar surface area (TPSA) is 87.1 Å². The monoisotopic (exact) mass is 282 g/mol. The first-order valence-electron chi connectivity index (χ1n) is 5.93. The number of hydrogen-bond acceptors (Lipinski definition) is 5. The fourth-order valence-corrected chi connectivity index (χ4v) is 3.85. The van der Waals surface area contributed by atoms with E-state index in [0.29, 0.717) is 0 Å². The summed E-state index contributed by atoms with van der Waals surface area (Å²) in [5, 5.41) is 20.4. The molecule has 2 aliphatic rings. The molecular weight excluding hydrogens is 268 g/mol. The lowest BCUT2D eigenvalue weighted by Crippen LogP contribution is -2.52. The standard InChI is InChI=1S/C13H14O5S/c1-8-2-4-9(5-3-8)19(16,17)13(15)7-6-10-11(18-10)12(13)14/h2-7,10-12,14-15H,1H3/t10-,11-,12-,13-/m1/s1. The van der Waals surface area contributed by atoms with E-state index < -0.39 is 27.0 Å². The van der Waals surface area contributed by atoms with Crippen molar-refractivity contribution >= 4 is 9.84 Å². The lowest BCUT2D eigenvalue weighted by Gasteiger charge is -2.30. The quantitative estimate of drug-likeness (QED) is 0.596. The normalized spacial score (nSPS) is 36.9. The highest BCUT2D eigenvalue weighted by Gasteiger charge is 2.60. The van der Waals surface area contributed by atoms with Crippen molar-refractivity contribution in [3.8, 4) is 0 Å². The fourth-order valence-electron chi connectivity index (χ4n) is 2.27. The smallest absolute Gasteiger partial charge is 0.218 e. The van der Waals surface area contributed by atoms with Gasteiger partial charge in [-0.2, -0.15) is 0 Å². The van der Waals surface area contributed by atoms with Gasteiger partial charge in [0, 0.05) is 0 Å². The first kappa shape index (κ1) is 12.8. The van der Waals surface area contributed by atoms with E-state index in [0.717, 1.165) is 11.6 Å². The number of hydrogen-bond donors (Lipinski definition) is 2. The molecule has 1 aromatic carbocycles. The molecule has 2 N–H and O–H groups in total. The minimum absolute atomic E-state index is 0.0246. The van der Waals surface area contributed by atoms with Gasteiger partial charge in [-0.15, -0.1) is 0 Å². The van der Waals surface area contributed by atoms with Crippen molar-refractivity contribution in [2.24, 2.45) is 0 Å². The average molecular weight is 282 g/mol. The summed E-state index contributed by atoms with van der Waals surface area (Å²) < 4.78 is 30.0. The summed E-state index contributed by atoms with van der Waals surface area (Å²) in [5.74, 6) is 0. The Morgan fingerprint density at radius 2 is 1.89 bits per heavy atom. The number of epoxide rings is 1. The van der Waals surface area contributed by atoms with Gasteiger partial charge in [-0.1, -0.05) is 23.8 Å². The molecule has 0 saturated carbocycles. The van der Waals surface area contributed by atoms with Gasteiger partial charge < -0.3 is 14.9 Å². The lowest BCUT2D eigenvalue weighted by atomic mass is 10.0. The summed E-state index contributed by atoms with van der Waals surface area (Å²) >= 11 is 0. The number of ether oxygens (including phenoxy) is 1. The molecule has 0 aromatic heterocycles. The molecule has 1 aliphatic carbocycles. The van der Waals surface area contributed by atoms with E-state index in [1.807, 2.05) is 6.92 Å². The Morgan fingerprint density at radius 1 is 1.26 bits per heavy atom. The van der Waals surface area contributed by atoms with Crippen molar-refractivity contribution in [2.45, 2.75) is 35.1 Å². The van der Waals surface area contributed by atoms with Crippen molar-refractivity contribution in [3.63, 3.8) is 0 Å². The number of aryl methyl sites for hydroxylation is 1. The van der Waals surface area contributed by atoms with Gasteiger partial charge in [0.25, 0.3) is 0 Å². The largest absolute Gasteiger partial charge is 0.386 e. The average Bonchev–Trinajstić information content (AvgIpc) is 3.14.